The summed E-state index contributed by atoms with van der Waals surface area (Å²) in [6, 6.07) is 2.13. The molecule has 0 aromatic carbocycles. The maximum atomic E-state index is 11.6. The average molecular weight is 197 g/mol. The lowest BCUT2D eigenvalue weighted by molar-refractivity contribution is -0.131. The normalized spacial score (nSPS) is 11.9. The fourth-order valence-corrected chi connectivity index (χ4v) is 1.17. The molecular weight excluding hydrogens is 178 g/mol. The summed E-state index contributed by atoms with van der Waals surface area (Å²) in [5.74, 6) is 0.0254. The Kier molecular flexibility index (Phi) is 6.77. The Labute approximate surface area is 85.9 Å². The number of nitriles is 1. The van der Waals surface area contributed by atoms with Crippen molar-refractivity contribution in [2.45, 2.75) is 20.3 Å². The number of nitrogens with one attached hydrogen (secondary N) is 1. The van der Waals surface area contributed by atoms with Crippen molar-refractivity contribution in [1.82, 2.24) is 10.2 Å². The SMILES string of the molecule is CCN(CC(C)C#N)C(=O)CCNC. The Hall–Kier alpha value is -1.08. The molecule has 0 heterocycles. The third-order valence-corrected chi connectivity index (χ3v) is 2.04. The van der Waals surface area contributed by atoms with E-state index in [2.05, 4.69) is 11.4 Å². The van der Waals surface area contributed by atoms with Crippen molar-refractivity contribution >= 4 is 5.91 Å². The molecule has 0 spiro atoms. The van der Waals surface area contributed by atoms with Gasteiger partial charge in [0.15, 0.2) is 0 Å². The summed E-state index contributed by atoms with van der Waals surface area (Å²) in [4.78, 5) is 13.3. The van der Waals surface area contributed by atoms with E-state index in [0.717, 1.165) is 0 Å². The molecule has 1 unspecified atom stereocenters. The van der Waals surface area contributed by atoms with E-state index in [-0.39, 0.29) is 11.8 Å². The first-order valence-corrected chi connectivity index (χ1v) is 4.97. The monoisotopic (exact) mass is 197 g/mol. The highest BCUT2D eigenvalue weighted by atomic mass is 16.2. The maximum Gasteiger partial charge on any atom is 0.223 e. The zero-order chi connectivity index (χ0) is 11.0. The maximum absolute atomic E-state index is 11.6. The van der Waals surface area contributed by atoms with Crippen LogP contribution in [0.1, 0.15) is 20.3 Å². The highest BCUT2D eigenvalue weighted by Crippen LogP contribution is 2.00. The number of hydrogen-bond donors (Lipinski definition) is 1. The van der Waals surface area contributed by atoms with Crippen molar-refractivity contribution in [3.05, 3.63) is 0 Å². The number of rotatable bonds is 6. The Morgan fingerprint density at radius 1 is 1.64 bits per heavy atom. The van der Waals surface area contributed by atoms with Crippen LogP contribution in [-0.4, -0.2) is 37.5 Å². The molecule has 1 atom stereocenters. The van der Waals surface area contributed by atoms with Crippen LogP contribution in [0.4, 0.5) is 0 Å². The van der Waals surface area contributed by atoms with Crippen molar-refractivity contribution in [2.75, 3.05) is 26.7 Å². The zero-order valence-corrected chi connectivity index (χ0v) is 9.21. The molecule has 0 bridgehead atoms. The topological polar surface area (TPSA) is 56.1 Å². The van der Waals surface area contributed by atoms with Crippen LogP contribution in [0.2, 0.25) is 0 Å². The highest BCUT2D eigenvalue weighted by Gasteiger charge is 2.13. The van der Waals surface area contributed by atoms with Gasteiger partial charge in [0, 0.05) is 26.1 Å². The van der Waals surface area contributed by atoms with Crippen molar-refractivity contribution in [3.8, 4) is 6.07 Å². The summed E-state index contributed by atoms with van der Waals surface area (Å²) in [5.41, 5.74) is 0. The molecule has 0 rings (SSSR count). The molecule has 0 fully saturated rings. The van der Waals surface area contributed by atoms with Crippen LogP contribution in [0.3, 0.4) is 0 Å². The Morgan fingerprint density at radius 2 is 2.29 bits per heavy atom. The minimum atomic E-state index is -0.0894. The molecule has 14 heavy (non-hydrogen) atoms. The van der Waals surface area contributed by atoms with E-state index >= 15 is 0 Å². The third-order valence-electron chi connectivity index (χ3n) is 2.04. The van der Waals surface area contributed by atoms with Gasteiger partial charge < -0.3 is 10.2 Å². The lowest BCUT2D eigenvalue weighted by atomic mass is 10.2. The molecule has 0 aromatic heterocycles. The second kappa shape index (κ2) is 7.34. The Morgan fingerprint density at radius 3 is 2.71 bits per heavy atom. The number of nitrogens with zero attached hydrogens (tertiary/aromatic N) is 2. The number of carbonyl (C=O) groups excluding carboxylic acids is 1. The van der Waals surface area contributed by atoms with Crippen LogP contribution in [0.15, 0.2) is 0 Å². The first-order valence-electron chi connectivity index (χ1n) is 4.97. The van der Waals surface area contributed by atoms with E-state index in [1.165, 1.54) is 0 Å². The standard InChI is InChI=1S/C10H19N3O/c1-4-13(8-9(2)7-11)10(14)5-6-12-3/h9,12H,4-6,8H2,1-3H3. The fourth-order valence-electron chi connectivity index (χ4n) is 1.17. The smallest absolute Gasteiger partial charge is 0.223 e. The van der Waals surface area contributed by atoms with E-state index < -0.39 is 0 Å². The number of amides is 1. The summed E-state index contributed by atoms with van der Waals surface area (Å²) >= 11 is 0. The van der Waals surface area contributed by atoms with Gasteiger partial charge in [-0.2, -0.15) is 5.26 Å². The summed E-state index contributed by atoms with van der Waals surface area (Å²) in [5, 5.41) is 11.6. The quantitative estimate of drug-likeness (QED) is 0.678. The molecule has 4 nitrogen and oxygen atoms in total. The van der Waals surface area contributed by atoms with Gasteiger partial charge in [0.2, 0.25) is 5.91 Å². The Bertz CT molecular complexity index is 210. The molecule has 0 aliphatic carbocycles. The van der Waals surface area contributed by atoms with Gasteiger partial charge in [-0.3, -0.25) is 4.79 Å². The summed E-state index contributed by atoms with van der Waals surface area (Å²) in [7, 11) is 1.82. The van der Waals surface area contributed by atoms with Crippen molar-refractivity contribution in [1.29, 1.82) is 5.26 Å². The van der Waals surface area contributed by atoms with E-state index in [0.29, 0.717) is 26.1 Å². The zero-order valence-electron chi connectivity index (χ0n) is 9.21. The molecule has 0 aromatic rings. The molecule has 0 aliphatic rings. The third kappa shape index (κ3) is 4.83. The fraction of sp³-hybridized carbons (Fsp3) is 0.800. The first kappa shape index (κ1) is 12.9. The van der Waals surface area contributed by atoms with Gasteiger partial charge in [0.05, 0.1) is 12.0 Å². The molecule has 1 N–H and O–H groups in total. The molecule has 0 saturated carbocycles. The van der Waals surface area contributed by atoms with Gasteiger partial charge in [-0.1, -0.05) is 0 Å². The molecule has 0 saturated heterocycles. The summed E-state index contributed by atoms with van der Waals surface area (Å²) in [6.45, 7) is 5.66. The Balaban J connectivity index is 4.00. The highest BCUT2D eigenvalue weighted by molar-refractivity contribution is 5.76. The van der Waals surface area contributed by atoms with Gasteiger partial charge in [0.25, 0.3) is 0 Å². The summed E-state index contributed by atoms with van der Waals surface area (Å²) < 4.78 is 0. The predicted octanol–water partition coefficient (Wildman–Crippen LogP) is 0.604. The lowest BCUT2D eigenvalue weighted by Crippen LogP contribution is -2.35. The van der Waals surface area contributed by atoms with E-state index in [1.807, 2.05) is 20.9 Å². The minimum absolute atomic E-state index is 0.0894. The lowest BCUT2D eigenvalue weighted by Gasteiger charge is -2.21. The van der Waals surface area contributed by atoms with Crippen LogP contribution >= 0.6 is 0 Å². The van der Waals surface area contributed by atoms with Crippen molar-refractivity contribution in [3.63, 3.8) is 0 Å². The van der Waals surface area contributed by atoms with Gasteiger partial charge in [-0.15, -0.1) is 0 Å². The van der Waals surface area contributed by atoms with Crippen molar-refractivity contribution < 1.29 is 4.79 Å². The molecule has 4 heteroatoms. The summed E-state index contributed by atoms with van der Waals surface area (Å²) in [6.07, 6.45) is 0.502. The van der Waals surface area contributed by atoms with Crippen LogP contribution in [0, 0.1) is 17.2 Å². The van der Waals surface area contributed by atoms with Gasteiger partial charge in [-0.25, -0.2) is 0 Å². The molecule has 0 aliphatic heterocycles. The van der Waals surface area contributed by atoms with E-state index in [1.54, 1.807) is 4.90 Å². The van der Waals surface area contributed by atoms with Crippen LogP contribution in [0.25, 0.3) is 0 Å². The second-order valence-electron chi connectivity index (χ2n) is 3.32. The first-order chi connectivity index (χ1) is 6.65. The number of carbonyl (C=O) groups is 1. The largest absolute Gasteiger partial charge is 0.342 e. The van der Waals surface area contributed by atoms with Crippen LogP contribution in [0.5, 0.6) is 0 Å². The van der Waals surface area contributed by atoms with Crippen LogP contribution < -0.4 is 5.32 Å². The predicted molar refractivity (Wildman–Crippen MR) is 55.6 cm³/mol. The van der Waals surface area contributed by atoms with Gasteiger partial charge in [0.1, 0.15) is 0 Å². The van der Waals surface area contributed by atoms with Crippen molar-refractivity contribution in [2.24, 2.45) is 5.92 Å². The van der Waals surface area contributed by atoms with E-state index in [4.69, 9.17) is 5.26 Å². The second-order valence-corrected chi connectivity index (χ2v) is 3.32. The molecule has 1 amide bonds. The van der Waals surface area contributed by atoms with Crippen LogP contribution in [-0.2, 0) is 4.79 Å². The molecule has 0 radical (unpaired) electrons. The van der Waals surface area contributed by atoms with Gasteiger partial charge in [-0.05, 0) is 20.9 Å². The molecular formula is C10H19N3O. The minimum Gasteiger partial charge on any atom is -0.342 e. The van der Waals surface area contributed by atoms with E-state index in [9.17, 15) is 4.79 Å². The number of hydrogen-bond acceptors (Lipinski definition) is 3. The average Bonchev–Trinajstić information content (AvgIpc) is 2.21. The van der Waals surface area contributed by atoms with Gasteiger partial charge >= 0.3 is 0 Å². The molecule has 80 valence electrons.